The van der Waals surface area contributed by atoms with Gasteiger partial charge in [-0.1, -0.05) is 129 Å². The zero-order valence-electron chi connectivity index (χ0n) is 33.5. The van der Waals surface area contributed by atoms with E-state index in [9.17, 15) is 0 Å². The van der Waals surface area contributed by atoms with Crippen molar-refractivity contribution < 1.29 is 0 Å². The molecule has 0 aliphatic heterocycles. The van der Waals surface area contributed by atoms with E-state index in [1.165, 1.54) is 99.8 Å². The number of fused-ring (bicyclic) bond motifs is 6. The molecule has 1 aliphatic rings. The Bertz CT molecular complexity index is 2500. The van der Waals surface area contributed by atoms with Gasteiger partial charge in [-0.05, 0) is 167 Å². The summed E-state index contributed by atoms with van der Waals surface area (Å²) in [6.45, 7) is 25.1. The number of hydrogen-bond acceptors (Lipinski definition) is 1. The average molecular weight is 692 g/mol. The van der Waals surface area contributed by atoms with E-state index in [4.69, 9.17) is 0 Å². The second kappa shape index (κ2) is 12.2. The van der Waals surface area contributed by atoms with E-state index in [0.29, 0.717) is 0 Å². The van der Waals surface area contributed by atoms with Gasteiger partial charge < -0.3 is 4.90 Å². The van der Waals surface area contributed by atoms with Crippen LogP contribution in [0.25, 0.3) is 54.9 Å². The number of anilines is 3. The van der Waals surface area contributed by atoms with Crippen LogP contribution in [0.1, 0.15) is 90.1 Å². The lowest BCUT2D eigenvalue weighted by Crippen LogP contribution is -2.18. The van der Waals surface area contributed by atoms with Crippen molar-refractivity contribution in [1.82, 2.24) is 0 Å². The van der Waals surface area contributed by atoms with Gasteiger partial charge in [0.05, 0.1) is 0 Å². The van der Waals surface area contributed by atoms with Gasteiger partial charge in [-0.25, -0.2) is 0 Å². The third kappa shape index (κ3) is 6.25. The molecule has 8 rings (SSSR count). The monoisotopic (exact) mass is 691 g/mol. The number of aryl methyl sites for hydroxylation is 2. The van der Waals surface area contributed by atoms with Gasteiger partial charge in [-0.3, -0.25) is 0 Å². The van der Waals surface area contributed by atoms with Crippen LogP contribution in [-0.2, 0) is 16.2 Å². The third-order valence-corrected chi connectivity index (χ3v) is 11.5. The fourth-order valence-electron chi connectivity index (χ4n) is 7.93. The van der Waals surface area contributed by atoms with Crippen LogP contribution in [0.3, 0.4) is 0 Å². The van der Waals surface area contributed by atoms with E-state index in [0.717, 1.165) is 0 Å². The first-order chi connectivity index (χ1) is 25.0. The Labute approximate surface area is 317 Å². The lowest BCUT2D eigenvalue weighted by Gasteiger charge is -2.32. The second-order valence-corrected chi connectivity index (χ2v) is 18.6. The van der Waals surface area contributed by atoms with Gasteiger partial charge >= 0.3 is 0 Å². The summed E-state index contributed by atoms with van der Waals surface area (Å²) >= 11 is 0. The summed E-state index contributed by atoms with van der Waals surface area (Å²) < 4.78 is 0. The number of hydrogen-bond donors (Lipinski definition) is 0. The van der Waals surface area contributed by atoms with E-state index < -0.39 is 0 Å². The van der Waals surface area contributed by atoms with Crippen molar-refractivity contribution >= 4 is 38.6 Å². The summed E-state index contributed by atoms with van der Waals surface area (Å²) in [6.07, 6.45) is 0. The summed E-state index contributed by atoms with van der Waals surface area (Å²) in [5.74, 6) is 0. The van der Waals surface area contributed by atoms with Gasteiger partial charge in [0.1, 0.15) is 0 Å². The van der Waals surface area contributed by atoms with Crippen LogP contribution >= 0.6 is 0 Å². The smallest absolute Gasteiger partial charge is 0.0493 e. The minimum Gasteiger partial charge on any atom is -0.310 e. The molecule has 0 radical (unpaired) electrons. The first-order valence-corrected chi connectivity index (χ1v) is 19.3. The van der Waals surface area contributed by atoms with E-state index in [1.807, 2.05) is 0 Å². The molecule has 1 nitrogen and oxygen atoms in total. The van der Waals surface area contributed by atoms with Crippen LogP contribution in [0.4, 0.5) is 17.1 Å². The molecule has 0 saturated heterocycles. The predicted octanol–water partition coefficient (Wildman–Crippen LogP) is 15.3. The molecule has 53 heavy (non-hydrogen) atoms. The molecular formula is C52H53N. The molecule has 0 unspecified atom stereocenters. The van der Waals surface area contributed by atoms with Crippen molar-refractivity contribution in [3.05, 3.63) is 149 Å². The van der Waals surface area contributed by atoms with Gasteiger partial charge in [0.2, 0.25) is 0 Å². The molecule has 0 saturated carbocycles. The molecule has 1 aliphatic carbocycles. The maximum absolute atomic E-state index is 2.50. The molecule has 0 amide bonds. The number of benzene rings is 7. The average Bonchev–Trinajstić information content (AvgIpc) is 3.10. The predicted molar refractivity (Wildman–Crippen MR) is 232 cm³/mol. The van der Waals surface area contributed by atoms with Crippen molar-refractivity contribution in [2.45, 2.75) is 92.4 Å². The Kier molecular flexibility index (Phi) is 8.04. The van der Waals surface area contributed by atoms with Crippen molar-refractivity contribution in [1.29, 1.82) is 0 Å². The zero-order chi connectivity index (χ0) is 37.6. The van der Waals surface area contributed by atoms with E-state index in [1.54, 1.807) is 0 Å². The molecule has 7 aromatic carbocycles. The highest BCUT2D eigenvalue weighted by Crippen LogP contribution is 2.51. The zero-order valence-corrected chi connectivity index (χ0v) is 33.5. The highest BCUT2D eigenvalue weighted by Gasteiger charge is 2.26. The lowest BCUT2D eigenvalue weighted by molar-refractivity contribution is 0.589. The molecule has 266 valence electrons. The fourth-order valence-corrected chi connectivity index (χ4v) is 7.93. The minimum atomic E-state index is 0.0406. The van der Waals surface area contributed by atoms with Crippen molar-refractivity contribution in [2.75, 3.05) is 4.90 Å². The van der Waals surface area contributed by atoms with Gasteiger partial charge in [0.15, 0.2) is 0 Å². The van der Waals surface area contributed by atoms with Crippen LogP contribution in [0, 0.1) is 13.8 Å². The molecule has 0 bridgehead atoms. The normalized spacial score (nSPS) is 12.8. The number of nitrogens with zero attached hydrogens (tertiary/aromatic N) is 1. The summed E-state index contributed by atoms with van der Waals surface area (Å²) in [6, 6.07) is 46.7. The van der Waals surface area contributed by atoms with E-state index in [2.05, 4.69) is 202 Å². The first-order valence-electron chi connectivity index (χ1n) is 19.3. The highest BCUT2D eigenvalue weighted by atomic mass is 15.1. The first kappa shape index (κ1) is 34.9. The maximum atomic E-state index is 2.50. The molecule has 0 N–H and O–H groups in total. The largest absolute Gasteiger partial charge is 0.310 e. The molecular weight excluding hydrogens is 639 g/mol. The molecule has 1 heteroatoms. The lowest BCUT2D eigenvalue weighted by atomic mass is 9.77. The molecule has 0 fully saturated rings. The maximum Gasteiger partial charge on any atom is 0.0493 e. The van der Waals surface area contributed by atoms with Crippen LogP contribution in [-0.4, -0.2) is 0 Å². The van der Waals surface area contributed by atoms with Gasteiger partial charge in [0, 0.05) is 17.1 Å². The van der Waals surface area contributed by atoms with Gasteiger partial charge in [-0.15, -0.1) is 0 Å². The minimum absolute atomic E-state index is 0.0406. The van der Waals surface area contributed by atoms with Crippen LogP contribution in [0.15, 0.2) is 121 Å². The summed E-state index contributed by atoms with van der Waals surface area (Å²) in [7, 11) is 0. The second-order valence-electron chi connectivity index (χ2n) is 18.6. The Hall–Kier alpha value is -5.14. The van der Waals surface area contributed by atoms with Gasteiger partial charge in [0.25, 0.3) is 0 Å². The molecule has 7 aromatic rings. The third-order valence-electron chi connectivity index (χ3n) is 11.5. The molecule has 0 aromatic heterocycles. The Morgan fingerprint density at radius 2 is 0.736 bits per heavy atom. The van der Waals surface area contributed by atoms with Gasteiger partial charge in [-0.2, -0.15) is 0 Å². The van der Waals surface area contributed by atoms with Crippen molar-refractivity contribution in [3.63, 3.8) is 0 Å². The molecule has 0 spiro atoms. The molecule has 0 atom stereocenters. The van der Waals surface area contributed by atoms with E-state index >= 15 is 0 Å². The van der Waals surface area contributed by atoms with Crippen molar-refractivity contribution in [2.24, 2.45) is 0 Å². The fraction of sp³-hybridized carbons (Fsp3) is 0.269. The Morgan fingerprint density at radius 1 is 0.340 bits per heavy atom. The van der Waals surface area contributed by atoms with Crippen LogP contribution in [0.5, 0.6) is 0 Å². The number of rotatable bonds is 4. The Morgan fingerprint density at radius 3 is 1.21 bits per heavy atom. The summed E-state index contributed by atoms with van der Waals surface area (Å²) in [5, 5.41) is 5.11. The molecule has 0 heterocycles. The SMILES string of the molecule is Cc1ccc(C(C)(C)C)cc1N(c1ccc2cc3c(cc2c1)-c1cc2ccc(-c4ccc(C(C)(C)C)cc4)cc2cc1-3)c1cc(C(C)(C)C)ccc1C. The summed E-state index contributed by atoms with van der Waals surface area (Å²) in [5.41, 5.74) is 18.4. The quantitative estimate of drug-likeness (QED) is 0.178. The topological polar surface area (TPSA) is 3.24 Å². The van der Waals surface area contributed by atoms with Crippen LogP contribution in [0.2, 0.25) is 0 Å². The highest BCUT2D eigenvalue weighted by molar-refractivity contribution is 6.12. The van der Waals surface area contributed by atoms with E-state index in [-0.39, 0.29) is 16.2 Å². The standard InChI is InChI=1S/C52H53N/c1-32-12-19-41(51(6,7)8)30-48(32)53(49-31-42(52(9,10)11)20-13-33(49)2)43-23-18-37-27-45-46-28-38-24-35(34-16-21-40(22-17-34)50(3,4)5)14-15-36(38)26-44(46)47(45)29-39(37)25-43/h12-31H,1-11H3. The van der Waals surface area contributed by atoms with Crippen molar-refractivity contribution in [3.8, 4) is 33.4 Å². The summed E-state index contributed by atoms with van der Waals surface area (Å²) in [4.78, 5) is 2.50. The van der Waals surface area contributed by atoms with Crippen LogP contribution < -0.4 is 4.90 Å². The Balaban J connectivity index is 1.22.